The molecule has 4 rings (SSSR count). The lowest BCUT2D eigenvalue weighted by molar-refractivity contribution is -0.471. The van der Waals surface area contributed by atoms with Crippen molar-refractivity contribution < 1.29 is 9.47 Å². The summed E-state index contributed by atoms with van der Waals surface area (Å²) < 4.78 is 12.9. The Morgan fingerprint density at radius 1 is 1.00 bits per heavy atom. The van der Waals surface area contributed by atoms with Crippen LogP contribution in [0, 0.1) is 0 Å². The minimum atomic E-state index is -0.435. The van der Waals surface area contributed by atoms with E-state index in [-0.39, 0.29) is 11.5 Å². The van der Waals surface area contributed by atoms with Crippen molar-refractivity contribution in [3.8, 4) is 0 Å². The molecule has 0 bridgehead atoms. The molecule has 2 heterocycles. The van der Waals surface area contributed by atoms with Gasteiger partial charge in [0, 0.05) is 0 Å². The molecule has 0 aliphatic carbocycles. The Hall–Kier alpha value is -0.910. The molecule has 2 aliphatic heterocycles. The average molecular weight is 378 g/mol. The highest BCUT2D eigenvalue weighted by Crippen LogP contribution is 2.66. The van der Waals surface area contributed by atoms with Gasteiger partial charge in [-0.3, -0.25) is 0 Å². The van der Waals surface area contributed by atoms with Crippen molar-refractivity contribution in [3.63, 3.8) is 0 Å². The molecular formula is C17H15IO2. The summed E-state index contributed by atoms with van der Waals surface area (Å²) in [6.45, 7) is 0.736. The molecule has 0 radical (unpaired) electrons. The van der Waals surface area contributed by atoms with Crippen LogP contribution < -0.4 is 0 Å². The predicted octanol–water partition coefficient (Wildman–Crippen LogP) is 3.86. The highest BCUT2D eigenvalue weighted by atomic mass is 127. The first-order valence-corrected chi connectivity index (χ1v) is 8.33. The molecule has 3 atom stereocenters. The second kappa shape index (κ2) is 4.55. The third-order valence-corrected chi connectivity index (χ3v) is 5.54. The maximum absolute atomic E-state index is 6.19. The molecule has 0 N–H and O–H groups in total. The summed E-state index contributed by atoms with van der Waals surface area (Å²) in [7, 11) is 0. The van der Waals surface area contributed by atoms with Gasteiger partial charge in [-0.1, -0.05) is 83.3 Å². The molecule has 102 valence electrons. The number of fused-ring (bicyclic) bond motifs is 1. The van der Waals surface area contributed by atoms with Crippen LogP contribution >= 0.6 is 22.6 Å². The van der Waals surface area contributed by atoms with Gasteiger partial charge in [0.25, 0.3) is 0 Å². The van der Waals surface area contributed by atoms with E-state index in [0.29, 0.717) is 0 Å². The Balaban J connectivity index is 1.80. The van der Waals surface area contributed by atoms with Crippen LogP contribution in [-0.4, -0.2) is 16.8 Å². The van der Waals surface area contributed by atoms with Crippen LogP contribution in [0.2, 0.25) is 0 Å². The van der Waals surface area contributed by atoms with Crippen LogP contribution in [0.4, 0.5) is 0 Å². The third kappa shape index (κ3) is 1.46. The van der Waals surface area contributed by atoms with Crippen LogP contribution in [0.3, 0.4) is 0 Å². The molecule has 3 heteroatoms. The Kier molecular flexibility index (Phi) is 2.91. The number of benzene rings is 2. The second-order valence-corrected chi connectivity index (χ2v) is 6.18. The monoisotopic (exact) mass is 378 g/mol. The van der Waals surface area contributed by atoms with Crippen LogP contribution in [0.25, 0.3) is 0 Å². The normalized spacial score (nSPS) is 34.8. The van der Waals surface area contributed by atoms with Crippen LogP contribution in [0.15, 0.2) is 60.7 Å². The Labute approximate surface area is 132 Å². The van der Waals surface area contributed by atoms with E-state index in [1.165, 1.54) is 11.1 Å². The van der Waals surface area contributed by atoms with Gasteiger partial charge in [-0.25, -0.2) is 0 Å². The fourth-order valence-electron chi connectivity index (χ4n) is 3.40. The standard InChI is InChI=1S/C17H15IO2/c18-11-17-16(12-19-17,14-9-5-2-6-10-14)15(20-17)13-7-3-1-4-8-13/h1-10,15H,11-12H2/t15-,16+,17+/m1/s1. The molecule has 0 amide bonds. The van der Waals surface area contributed by atoms with Crippen molar-refractivity contribution in [2.24, 2.45) is 0 Å². The summed E-state index contributed by atoms with van der Waals surface area (Å²) in [6, 6.07) is 21.1. The molecule has 2 nitrogen and oxygen atoms in total. The first-order valence-electron chi connectivity index (χ1n) is 6.81. The molecule has 0 aromatic heterocycles. The molecular weight excluding hydrogens is 363 g/mol. The molecule has 0 unspecified atom stereocenters. The lowest BCUT2D eigenvalue weighted by Crippen LogP contribution is -2.79. The highest BCUT2D eigenvalue weighted by Gasteiger charge is 2.75. The van der Waals surface area contributed by atoms with E-state index in [0.717, 1.165) is 11.0 Å². The molecule has 20 heavy (non-hydrogen) atoms. The maximum Gasteiger partial charge on any atom is 0.192 e. The SMILES string of the molecule is IC[C@@]12OC[C@]1(c1ccccc1)[C@@H](c1ccccc1)O2. The minimum absolute atomic E-state index is 0.0309. The molecule has 2 aliphatic rings. The average Bonchev–Trinajstić information content (AvgIpc) is 2.52. The first-order chi connectivity index (χ1) is 9.82. The van der Waals surface area contributed by atoms with Gasteiger partial charge >= 0.3 is 0 Å². The molecule has 2 fully saturated rings. The molecule has 0 saturated carbocycles. The lowest BCUT2D eigenvalue weighted by Gasteiger charge is -2.69. The quantitative estimate of drug-likeness (QED) is 0.597. The van der Waals surface area contributed by atoms with Crippen molar-refractivity contribution >= 4 is 22.6 Å². The van der Waals surface area contributed by atoms with E-state index in [4.69, 9.17) is 9.47 Å². The summed E-state index contributed by atoms with van der Waals surface area (Å²) in [6.07, 6.45) is 0.0922. The summed E-state index contributed by atoms with van der Waals surface area (Å²) in [5.74, 6) is -0.435. The van der Waals surface area contributed by atoms with E-state index in [1.54, 1.807) is 0 Å². The number of hydrogen-bond acceptors (Lipinski definition) is 2. The summed E-state index contributed by atoms with van der Waals surface area (Å²) in [5.41, 5.74) is 2.53. The first kappa shape index (κ1) is 12.8. The minimum Gasteiger partial charge on any atom is -0.347 e. The highest BCUT2D eigenvalue weighted by molar-refractivity contribution is 14.1. The van der Waals surface area contributed by atoms with Crippen LogP contribution in [-0.2, 0) is 14.9 Å². The lowest BCUT2D eigenvalue weighted by atomic mass is 9.60. The van der Waals surface area contributed by atoms with Crippen LogP contribution in [0.5, 0.6) is 0 Å². The van der Waals surface area contributed by atoms with Gasteiger partial charge in [-0.15, -0.1) is 0 Å². The maximum atomic E-state index is 6.19. The van der Waals surface area contributed by atoms with Gasteiger partial charge in [-0.05, 0) is 11.1 Å². The summed E-state index contributed by atoms with van der Waals surface area (Å²) in [5, 5.41) is 0. The van der Waals surface area contributed by atoms with Gasteiger partial charge in [0.05, 0.1) is 11.0 Å². The van der Waals surface area contributed by atoms with Gasteiger partial charge in [0.15, 0.2) is 5.79 Å². The van der Waals surface area contributed by atoms with E-state index >= 15 is 0 Å². The van der Waals surface area contributed by atoms with Crippen molar-refractivity contribution in [1.29, 1.82) is 0 Å². The van der Waals surface area contributed by atoms with Gasteiger partial charge in [0.2, 0.25) is 0 Å². The zero-order valence-corrected chi connectivity index (χ0v) is 13.1. The van der Waals surface area contributed by atoms with E-state index < -0.39 is 5.79 Å². The van der Waals surface area contributed by atoms with Crippen molar-refractivity contribution in [1.82, 2.24) is 0 Å². The van der Waals surface area contributed by atoms with Gasteiger partial charge in [0.1, 0.15) is 11.5 Å². The summed E-state index contributed by atoms with van der Waals surface area (Å²) in [4.78, 5) is 0. The molecule has 2 saturated heterocycles. The van der Waals surface area contributed by atoms with E-state index in [1.807, 2.05) is 6.07 Å². The van der Waals surface area contributed by atoms with Gasteiger partial charge in [-0.2, -0.15) is 0 Å². The molecule has 2 aromatic carbocycles. The number of rotatable bonds is 3. The molecule has 0 spiro atoms. The van der Waals surface area contributed by atoms with Crippen molar-refractivity contribution in [3.05, 3.63) is 71.8 Å². The van der Waals surface area contributed by atoms with E-state index in [9.17, 15) is 0 Å². The third-order valence-electron chi connectivity index (χ3n) is 4.54. The zero-order valence-electron chi connectivity index (χ0n) is 11.0. The largest absolute Gasteiger partial charge is 0.347 e. The Morgan fingerprint density at radius 2 is 1.65 bits per heavy atom. The van der Waals surface area contributed by atoms with Crippen molar-refractivity contribution in [2.45, 2.75) is 17.3 Å². The number of ether oxygens (including phenoxy) is 2. The van der Waals surface area contributed by atoms with E-state index in [2.05, 4.69) is 77.2 Å². The topological polar surface area (TPSA) is 18.5 Å². The number of hydrogen-bond donors (Lipinski definition) is 0. The predicted molar refractivity (Wildman–Crippen MR) is 86.0 cm³/mol. The Bertz CT molecular complexity index is 611. The van der Waals surface area contributed by atoms with Gasteiger partial charge < -0.3 is 9.47 Å². The zero-order chi connectivity index (χ0) is 13.6. The van der Waals surface area contributed by atoms with Crippen molar-refractivity contribution in [2.75, 3.05) is 11.0 Å². The number of alkyl halides is 1. The molecule has 2 aromatic rings. The smallest absolute Gasteiger partial charge is 0.192 e. The number of halogens is 1. The fraction of sp³-hybridized carbons (Fsp3) is 0.294. The second-order valence-electron chi connectivity index (χ2n) is 5.42. The summed E-state index contributed by atoms with van der Waals surface area (Å²) >= 11 is 2.36. The van der Waals surface area contributed by atoms with Crippen LogP contribution in [0.1, 0.15) is 17.2 Å². The fourth-order valence-corrected chi connectivity index (χ4v) is 4.48. The Morgan fingerprint density at radius 3 is 2.20 bits per heavy atom.